The second-order valence-electron chi connectivity index (χ2n) is 4.50. The molecule has 1 saturated heterocycles. The highest BCUT2D eigenvalue weighted by molar-refractivity contribution is 5.33. The van der Waals surface area contributed by atoms with E-state index in [0.29, 0.717) is 12.5 Å². The van der Waals surface area contributed by atoms with Gasteiger partial charge in [0.15, 0.2) is 0 Å². The first-order chi connectivity index (χ1) is 7.18. The van der Waals surface area contributed by atoms with E-state index in [2.05, 4.69) is 11.0 Å². The Balaban J connectivity index is 2.12. The van der Waals surface area contributed by atoms with Crippen LogP contribution in [0.4, 0.5) is 4.39 Å². The van der Waals surface area contributed by atoms with E-state index in [1.807, 2.05) is 6.92 Å². The zero-order valence-corrected chi connectivity index (χ0v) is 9.30. The van der Waals surface area contributed by atoms with Gasteiger partial charge in [-0.25, -0.2) is 4.39 Å². The Morgan fingerprint density at radius 3 is 2.67 bits per heavy atom. The van der Waals surface area contributed by atoms with Crippen LogP contribution in [-0.2, 0) is 0 Å². The van der Waals surface area contributed by atoms with E-state index in [-0.39, 0.29) is 5.83 Å². The van der Waals surface area contributed by atoms with Gasteiger partial charge in [0.1, 0.15) is 5.83 Å². The van der Waals surface area contributed by atoms with E-state index < -0.39 is 0 Å². The van der Waals surface area contributed by atoms with Crippen LogP contribution in [0, 0.1) is 0 Å². The number of nitrogens with zero attached hydrogens (tertiary/aromatic N) is 1. The molecule has 84 valence electrons. The van der Waals surface area contributed by atoms with E-state index in [0.717, 1.165) is 43.6 Å². The molecule has 0 unspecified atom stereocenters. The van der Waals surface area contributed by atoms with Gasteiger partial charge < -0.3 is 10.6 Å². The standard InChI is InChI=1S/C12H19FN2/c1-9-3-2-4-11(13)12(9)15-7-5-10(14)6-8-15/h3,10H,2,4-8,14H2,1H3. The van der Waals surface area contributed by atoms with Crippen molar-refractivity contribution in [3.05, 3.63) is 23.2 Å². The number of nitrogens with two attached hydrogens (primary N) is 1. The molecule has 0 aromatic heterocycles. The van der Waals surface area contributed by atoms with E-state index >= 15 is 0 Å². The fraction of sp³-hybridized carbons (Fsp3) is 0.667. The van der Waals surface area contributed by atoms with E-state index in [4.69, 9.17) is 5.73 Å². The molecular formula is C12H19FN2. The highest BCUT2D eigenvalue weighted by Crippen LogP contribution is 2.30. The van der Waals surface area contributed by atoms with Crippen LogP contribution < -0.4 is 5.73 Å². The molecule has 2 rings (SSSR count). The predicted molar refractivity (Wildman–Crippen MR) is 59.9 cm³/mol. The maximum absolute atomic E-state index is 13.7. The molecule has 15 heavy (non-hydrogen) atoms. The number of halogens is 1. The Morgan fingerprint density at radius 1 is 1.40 bits per heavy atom. The second-order valence-corrected chi connectivity index (χ2v) is 4.50. The summed E-state index contributed by atoms with van der Waals surface area (Å²) >= 11 is 0. The largest absolute Gasteiger partial charge is 0.369 e. The fourth-order valence-electron chi connectivity index (χ4n) is 2.39. The molecule has 1 aliphatic heterocycles. The van der Waals surface area contributed by atoms with Crippen molar-refractivity contribution in [2.75, 3.05) is 13.1 Å². The van der Waals surface area contributed by atoms with Crippen LogP contribution in [0.15, 0.2) is 23.2 Å². The van der Waals surface area contributed by atoms with Crippen molar-refractivity contribution in [1.82, 2.24) is 4.90 Å². The number of likely N-dealkylation sites (tertiary alicyclic amines) is 1. The van der Waals surface area contributed by atoms with Gasteiger partial charge in [-0.1, -0.05) is 6.08 Å². The Kier molecular flexibility index (Phi) is 3.10. The third kappa shape index (κ3) is 2.23. The minimum Gasteiger partial charge on any atom is -0.369 e. The van der Waals surface area contributed by atoms with Crippen molar-refractivity contribution >= 4 is 0 Å². The SMILES string of the molecule is CC1=CCCC(F)=C1N1CCC(N)CC1. The van der Waals surface area contributed by atoms with Crippen LogP contribution in [0.3, 0.4) is 0 Å². The van der Waals surface area contributed by atoms with Crippen LogP contribution in [0.2, 0.25) is 0 Å². The zero-order valence-electron chi connectivity index (χ0n) is 9.30. The zero-order chi connectivity index (χ0) is 10.8. The summed E-state index contributed by atoms with van der Waals surface area (Å²) < 4.78 is 13.7. The summed E-state index contributed by atoms with van der Waals surface area (Å²) in [7, 11) is 0. The highest BCUT2D eigenvalue weighted by atomic mass is 19.1. The van der Waals surface area contributed by atoms with Crippen molar-refractivity contribution in [2.45, 2.75) is 38.6 Å². The summed E-state index contributed by atoms with van der Waals surface area (Å²) in [5.41, 5.74) is 7.78. The Morgan fingerprint density at radius 2 is 2.07 bits per heavy atom. The maximum atomic E-state index is 13.7. The first-order valence-electron chi connectivity index (χ1n) is 5.75. The Bertz CT molecular complexity index is 299. The maximum Gasteiger partial charge on any atom is 0.124 e. The van der Waals surface area contributed by atoms with Crippen LogP contribution >= 0.6 is 0 Å². The minimum atomic E-state index is 0.0606. The molecule has 3 heteroatoms. The van der Waals surface area contributed by atoms with Gasteiger partial charge in [-0.2, -0.15) is 0 Å². The van der Waals surface area contributed by atoms with Crippen molar-refractivity contribution in [2.24, 2.45) is 5.73 Å². The molecule has 0 radical (unpaired) electrons. The number of piperidine rings is 1. The molecule has 0 saturated carbocycles. The van der Waals surface area contributed by atoms with Gasteiger partial charge in [-0.05, 0) is 31.8 Å². The molecule has 0 spiro atoms. The van der Waals surface area contributed by atoms with Crippen LogP contribution in [0.1, 0.15) is 32.6 Å². The second kappa shape index (κ2) is 4.35. The summed E-state index contributed by atoms with van der Waals surface area (Å²) in [6.45, 7) is 3.80. The highest BCUT2D eigenvalue weighted by Gasteiger charge is 2.23. The molecule has 2 aliphatic rings. The number of allylic oxidation sites excluding steroid dienone is 3. The normalized spacial score (nSPS) is 24.5. The van der Waals surface area contributed by atoms with Gasteiger partial charge in [0.2, 0.25) is 0 Å². The van der Waals surface area contributed by atoms with Crippen LogP contribution in [-0.4, -0.2) is 24.0 Å². The summed E-state index contributed by atoms with van der Waals surface area (Å²) in [6, 6.07) is 0.304. The molecule has 0 amide bonds. The van der Waals surface area contributed by atoms with Gasteiger partial charge in [0.05, 0.1) is 5.70 Å². The van der Waals surface area contributed by atoms with Crippen LogP contribution in [0.5, 0.6) is 0 Å². The lowest BCUT2D eigenvalue weighted by Crippen LogP contribution is -2.39. The molecular weight excluding hydrogens is 191 g/mol. The minimum absolute atomic E-state index is 0.0606. The van der Waals surface area contributed by atoms with Gasteiger partial charge in [-0.3, -0.25) is 0 Å². The predicted octanol–water partition coefficient (Wildman–Crippen LogP) is 2.33. The Labute approximate surface area is 90.6 Å². The number of rotatable bonds is 1. The molecule has 0 bridgehead atoms. The molecule has 2 nitrogen and oxygen atoms in total. The summed E-state index contributed by atoms with van der Waals surface area (Å²) in [5.74, 6) is 0.0606. The summed E-state index contributed by atoms with van der Waals surface area (Å²) in [5, 5.41) is 0. The van der Waals surface area contributed by atoms with Gasteiger partial charge in [-0.15, -0.1) is 0 Å². The molecule has 0 atom stereocenters. The molecule has 2 N–H and O–H groups in total. The quantitative estimate of drug-likeness (QED) is 0.719. The van der Waals surface area contributed by atoms with E-state index in [9.17, 15) is 4.39 Å². The molecule has 1 heterocycles. The number of hydrogen-bond acceptors (Lipinski definition) is 2. The van der Waals surface area contributed by atoms with Gasteiger partial charge in [0, 0.05) is 25.6 Å². The first kappa shape index (κ1) is 10.7. The van der Waals surface area contributed by atoms with Gasteiger partial charge in [0.25, 0.3) is 0 Å². The Hall–Kier alpha value is -0.830. The van der Waals surface area contributed by atoms with Crippen molar-refractivity contribution in [1.29, 1.82) is 0 Å². The van der Waals surface area contributed by atoms with Crippen LogP contribution in [0.25, 0.3) is 0 Å². The lowest BCUT2D eigenvalue weighted by atomic mass is 9.99. The smallest absolute Gasteiger partial charge is 0.124 e. The molecule has 0 aromatic carbocycles. The molecule has 1 aliphatic carbocycles. The number of hydrogen-bond donors (Lipinski definition) is 1. The molecule has 1 fully saturated rings. The third-order valence-electron chi connectivity index (χ3n) is 3.30. The fourth-order valence-corrected chi connectivity index (χ4v) is 2.39. The van der Waals surface area contributed by atoms with E-state index in [1.54, 1.807) is 0 Å². The lowest BCUT2D eigenvalue weighted by molar-refractivity contribution is 0.258. The van der Waals surface area contributed by atoms with Crippen molar-refractivity contribution in [3.63, 3.8) is 0 Å². The molecule has 0 aromatic rings. The third-order valence-corrected chi connectivity index (χ3v) is 3.30. The first-order valence-corrected chi connectivity index (χ1v) is 5.75. The van der Waals surface area contributed by atoms with Crippen molar-refractivity contribution < 1.29 is 4.39 Å². The topological polar surface area (TPSA) is 29.3 Å². The van der Waals surface area contributed by atoms with Gasteiger partial charge >= 0.3 is 0 Å². The van der Waals surface area contributed by atoms with Crippen molar-refractivity contribution in [3.8, 4) is 0 Å². The summed E-state index contributed by atoms with van der Waals surface area (Å²) in [6.07, 6.45) is 5.49. The average Bonchev–Trinajstić information content (AvgIpc) is 2.20. The van der Waals surface area contributed by atoms with E-state index in [1.165, 1.54) is 0 Å². The average molecular weight is 210 g/mol. The lowest BCUT2D eigenvalue weighted by Gasteiger charge is -2.35. The monoisotopic (exact) mass is 210 g/mol. The summed E-state index contributed by atoms with van der Waals surface area (Å²) in [4.78, 5) is 2.16.